The van der Waals surface area contributed by atoms with E-state index in [9.17, 15) is 0 Å². The highest BCUT2D eigenvalue weighted by Crippen LogP contribution is 2.21. The van der Waals surface area contributed by atoms with Gasteiger partial charge in [-0.1, -0.05) is 30.3 Å². The van der Waals surface area contributed by atoms with E-state index in [-0.39, 0.29) is 0 Å². The van der Waals surface area contributed by atoms with Crippen molar-refractivity contribution in [1.29, 1.82) is 0 Å². The fourth-order valence-electron chi connectivity index (χ4n) is 3.26. The number of rotatable bonds is 6. The number of hydrogen-bond donors (Lipinski definition) is 1. The first-order chi connectivity index (χ1) is 12.8. The van der Waals surface area contributed by atoms with Crippen LogP contribution >= 0.6 is 0 Å². The minimum absolute atomic E-state index is 0.849. The third-order valence-corrected chi connectivity index (χ3v) is 4.51. The van der Waals surface area contributed by atoms with Crippen LogP contribution in [0.25, 0.3) is 0 Å². The highest BCUT2D eigenvalue weighted by atomic mass is 16.5. The van der Waals surface area contributed by atoms with Crippen molar-refractivity contribution in [2.24, 2.45) is 0 Å². The number of benzene rings is 2. The van der Waals surface area contributed by atoms with Crippen molar-refractivity contribution >= 4 is 0 Å². The predicted octanol–water partition coefficient (Wildman–Crippen LogP) is 3.41. The fourth-order valence-corrected chi connectivity index (χ4v) is 3.26. The van der Waals surface area contributed by atoms with E-state index < -0.39 is 0 Å². The van der Waals surface area contributed by atoms with Crippen molar-refractivity contribution in [2.45, 2.75) is 26.2 Å². The summed E-state index contributed by atoms with van der Waals surface area (Å²) in [7, 11) is 2.13. The van der Waals surface area contributed by atoms with Crippen LogP contribution in [0, 0.1) is 0 Å². The molecule has 2 aromatic carbocycles. The van der Waals surface area contributed by atoms with Crippen LogP contribution in [0.4, 0.5) is 0 Å². The molecule has 1 aromatic heterocycles. The molecule has 1 N–H and O–H groups in total. The van der Waals surface area contributed by atoms with Gasteiger partial charge in [0.25, 0.3) is 0 Å². The van der Waals surface area contributed by atoms with Gasteiger partial charge in [0.15, 0.2) is 0 Å². The van der Waals surface area contributed by atoms with Gasteiger partial charge in [-0.15, -0.1) is 0 Å². The van der Waals surface area contributed by atoms with Crippen LogP contribution in [0.1, 0.15) is 17.0 Å². The van der Waals surface area contributed by atoms with Crippen molar-refractivity contribution in [3.05, 3.63) is 77.6 Å². The molecule has 1 aliphatic rings. The van der Waals surface area contributed by atoms with Gasteiger partial charge in [0.05, 0.1) is 17.9 Å². The standard InChI is InChI=1S/C21H24N4O/c1-24(16-18-13-19-14-22-11-12-25(19)23-18)15-17-7-9-21(10-8-17)26-20-5-3-2-4-6-20/h2-10,13,22H,11-12,14-16H2,1H3. The Kier molecular flexibility index (Phi) is 5.00. The molecule has 0 amide bonds. The Labute approximate surface area is 154 Å². The van der Waals surface area contributed by atoms with E-state index in [2.05, 4.69) is 40.1 Å². The summed E-state index contributed by atoms with van der Waals surface area (Å²) in [5, 5.41) is 8.09. The van der Waals surface area contributed by atoms with Gasteiger partial charge in [0, 0.05) is 26.2 Å². The molecule has 0 unspecified atom stereocenters. The SMILES string of the molecule is CN(Cc1ccc(Oc2ccccc2)cc1)Cc1cc2n(n1)CCNC2. The van der Waals surface area contributed by atoms with Gasteiger partial charge in [-0.05, 0) is 42.9 Å². The van der Waals surface area contributed by atoms with Gasteiger partial charge in [0.1, 0.15) is 11.5 Å². The van der Waals surface area contributed by atoms with Crippen LogP contribution in [0.2, 0.25) is 0 Å². The molecule has 0 fully saturated rings. The zero-order chi connectivity index (χ0) is 17.8. The van der Waals surface area contributed by atoms with Gasteiger partial charge < -0.3 is 10.1 Å². The minimum Gasteiger partial charge on any atom is -0.457 e. The van der Waals surface area contributed by atoms with Gasteiger partial charge in [-0.25, -0.2) is 0 Å². The third kappa shape index (κ3) is 4.12. The highest BCUT2D eigenvalue weighted by Gasteiger charge is 2.13. The molecule has 0 radical (unpaired) electrons. The van der Waals surface area contributed by atoms with Crippen LogP contribution in [0.5, 0.6) is 11.5 Å². The minimum atomic E-state index is 0.849. The predicted molar refractivity (Wildman–Crippen MR) is 102 cm³/mol. The molecular formula is C21H24N4O. The van der Waals surface area contributed by atoms with E-state index in [0.29, 0.717) is 0 Å². The van der Waals surface area contributed by atoms with Crippen LogP contribution < -0.4 is 10.1 Å². The Balaban J connectivity index is 1.34. The first kappa shape index (κ1) is 16.8. The molecule has 1 aliphatic heterocycles. The molecule has 5 heteroatoms. The maximum atomic E-state index is 5.85. The molecule has 4 rings (SSSR count). The van der Waals surface area contributed by atoms with E-state index in [1.54, 1.807) is 0 Å². The summed E-state index contributed by atoms with van der Waals surface area (Å²) in [5.74, 6) is 1.72. The summed E-state index contributed by atoms with van der Waals surface area (Å²) in [5.41, 5.74) is 3.68. The molecule has 0 aliphatic carbocycles. The van der Waals surface area contributed by atoms with E-state index in [4.69, 9.17) is 9.84 Å². The lowest BCUT2D eigenvalue weighted by atomic mass is 10.2. The fraction of sp³-hybridized carbons (Fsp3) is 0.286. The van der Waals surface area contributed by atoms with Crippen LogP contribution in [0.3, 0.4) is 0 Å². The first-order valence-electron chi connectivity index (χ1n) is 9.03. The Morgan fingerprint density at radius 2 is 1.81 bits per heavy atom. The molecule has 0 atom stereocenters. The molecule has 26 heavy (non-hydrogen) atoms. The van der Waals surface area contributed by atoms with Gasteiger partial charge >= 0.3 is 0 Å². The topological polar surface area (TPSA) is 42.3 Å². The van der Waals surface area contributed by atoms with Gasteiger partial charge in [-0.3, -0.25) is 9.58 Å². The summed E-state index contributed by atoms with van der Waals surface area (Å²) in [4.78, 5) is 2.29. The summed E-state index contributed by atoms with van der Waals surface area (Å²) in [6, 6.07) is 20.4. The van der Waals surface area contributed by atoms with Crippen LogP contribution in [-0.4, -0.2) is 28.3 Å². The number of ether oxygens (including phenoxy) is 1. The van der Waals surface area contributed by atoms with Crippen molar-refractivity contribution < 1.29 is 4.74 Å². The largest absolute Gasteiger partial charge is 0.457 e. The number of nitrogens with zero attached hydrogens (tertiary/aromatic N) is 3. The monoisotopic (exact) mass is 348 g/mol. The molecule has 3 aromatic rings. The molecule has 0 saturated heterocycles. The summed E-state index contributed by atoms with van der Waals surface area (Å²) in [6.45, 7) is 4.61. The van der Waals surface area contributed by atoms with E-state index in [1.165, 1.54) is 11.3 Å². The smallest absolute Gasteiger partial charge is 0.127 e. The molecular weight excluding hydrogens is 324 g/mol. The Bertz CT molecular complexity index is 819. The average Bonchev–Trinajstić information content (AvgIpc) is 3.06. The lowest BCUT2D eigenvalue weighted by Crippen LogP contribution is -2.28. The zero-order valence-electron chi connectivity index (χ0n) is 15.1. The summed E-state index contributed by atoms with van der Waals surface area (Å²) < 4.78 is 7.97. The molecule has 2 heterocycles. The lowest BCUT2D eigenvalue weighted by Gasteiger charge is -2.16. The number of aromatic nitrogens is 2. The molecule has 0 bridgehead atoms. The molecule has 0 spiro atoms. The van der Waals surface area contributed by atoms with Gasteiger partial charge in [-0.2, -0.15) is 5.10 Å². The number of para-hydroxylation sites is 1. The number of nitrogens with one attached hydrogen (secondary N) is 1. The quantitative estimate of drug-likeness (QED) is 0.741. The maximum absolute atomic E-state index is 5.85. The summed E-state index contributed by atoms with van der Waals surface area (Å²) in [6.07, 6.45) is 0. The van der Waals surface area contributed by atoms with Crippen LogP contribution in [0.15, 0.2) is 60.7 Å². The third-order valence-electron chi connectivity index (χ3n) is 4.51. The zero-order valence-corrected chi connectivity index (χ0v) is 15.1. The maximum Gasteiger partial charge on any atom is 0.127 e. The Hall–Kier alpha value is -2.63. The van der Waals surface area contributed by atoms with E-state index in [0.717, 1.165) is 49.9 Å². The number of fused-ring (bicyclic) bond motifs is 1. The summed E-state index contributed by atoms with van der Waals surface area (Å²) >= 11 is 0. The number of hydrogen-bond acceptors (Lipinski definition) is 4. The molecule has 5 nitrogen and oxygen atoms in total. The van der Waals surface area contributed by atoms with Crippen LogP contribution in [-0.2, 0) is 26.2 Å². The second-order valence-corrected chi connectivity index (χ2v) is 6.76. The van der Waals surface area contributed by atoms with Crippen molar-refractivity contribution in [3.63, 3.8) is 0 Å². The van der Waals surface area contributed by atoms with Crippen molar-refractivity contribution in [1.82, 2.24) is 20.0 Å². The second kappa shape index (κ2) is 7.72. The first-order valence-corrected chi connectivity index (χ1v) is 9.03. The average molecular weight is 348 g/mol. The van der Waals surface area contributed by atoms with Crippen molar-refractivity contribution in [2.75, 3.05) is 13.6 Å². The van der Waals surface area contributed by atoms with E-state index in [1.807, 2.05) is 42.5 Å². The Morgan fingerprint density at radius 1 is 1.04 bits per heavy atom. The lowest BCUT2D eigenvalue weighted by molar-refractivity contribution is 0.313. The normalized spacial score (nSPS) is 13.6. The van der Waals surface area contributed by atoms with Crippen molar-refractivity contribution in [3.8, 4) is 11.5 Å². The second-order valence-electron chi connectivity index (χ2n) is 6.76. The molecule has 134 valence electrons. The Morgan fingerprint density at radius 3 is 2.58 bits per heavy atom. The highest BCUT2D eigenvalue weighted by molar-refractivity contribution is 5.33. The van der Waals surface area contributed by atoms with E-state index >= 15 is 0 Å². The molecule has 0 saturated carbocycles. The van der Waals surface area contributed by atoms with Gasteiger partial charge in [0.2, 0.25) is 0 Å².